The van der Waals surface area contributed by atoms with Gasteiger partial charge in [0, 0.05) is 31.7 Å². The van der Waals surface area contributed by atoms with Crippen molar-refractivity contribution in [1.82, 2.24) is 14.7 Å². The number of aryl methyl sites for hydroxylation is 2. The van der Waals surface area contributed by atoms with Gasteiger partial charge >= 0.3 is 5.69 Å². The molecule has 1 aliphatic heterocycles. The van der Waals surface area contributed by atoms with Gasteiger partial charge < -0.3 is 10.1 Å². The molecule has 9 heteroatoms. The second kappa shape index (κ2) is 8.03. The first-order valence-corrected chi connectivity index (χ1v) is 8.85. The molecule has 8 nitrogen and oxygen atoms in total. The molecule has 1 fully saturated rings. The number of anilines is 1. The number of nitro groups is 1. The third kappa shape index (κ3) is 3.82. The van der Waals surface area contributed by atoms with Crippen LogP contribution in [0.25, 0.3) is 0 Å². The Morgan fingerprint density at radius 2 is 2.08 bits per heavy atom. The largest absolute Gasteiger partial charge is 0.379 e. The first kappa shape index (κ1) is 18.6. The van der Waals surface area contributed by atoms with Crippen molar-refractivity contribution >= 4 is 23.1 Å². The number of hydrogen-bond acceptors (Lipinski definition) is 6. The lowest BCUT2D eigenvalue weighted by Gasteiger charge is -2.35. The number of nitrogens with zero attached hydrogens (tertiary/aromatic N) is 4. The van der Waals surface area contributed by atoms with E-state index in [9.17, 15) is 10.1 Å². The summed E-state index contributed by atoms with van der Waals surface area (Å²) in [5.41, 5.74) is 1.39. The minimum Gasteiger partial charge on any atom is -0.379 e. The molecule has 3 rings (SSSR count). The first-order valence-electron chi connectivity index (χ1n) is 8.47. The number of hydrogen-bond donors (Lipinski definition) is 1. The van der Waals surface area contributed by atoms with Gasteiger partial charge in [-0.05, 0) is 18.6 Å². The zero-order valence-corrected chi connectivity index (χ0v) is 15.6. The molecule has 1 unspecified atom stereocenters. The second-order valence-corrected chi connectivity index (χ2v) is 6.64. The number of ether oxygens (including phenoxy) is 1. The molecule has 1 aromatic heterocycles. The molecule has 1 aromatic carbocycles. The van der Waals surface area contributed by atoms with E-state index in [0.29, 0.717) is 36.3 Å². The predicted octanol–water partition coefficient (Wildman–Crippen LogP) is 2.78. The molecule has 0 radical (unpaired) electrons. The Morgan fingerprint density at radius 3 is 2.73 bits per heavy atom. The van der Waals surface area contributed by atoms with E-state index in [1.807, 2.05) is 24.3 Å². The fraction of sp³-hybridized carbons (Fsp3) is 0.471. The normalized spacial score (nSPS) is 16.4. The van der Waals surface area contributed by atoms with Crippen molar-refractivity contribution in [1.29, 1.82) is 0 Å². The molecule has 0 saturated carbocycles. The van der Waals surface area contributed by atoms with Crippen LogP contribution in [0.3, 0.4) is 0 Å². The smallest absolute Gasteiger partial charge is 0.333 e. The molecular formula is C17H22ClN5O3. The van der Waals surface area contributed by atoms with Gasteiger partial charge in [0.05, 0.1) is 24.2 Å². The minimum atomic E-state index is -0.399. The second-order valence-electron chi connectivity index (χ2n) is 6.23. The topological polar surface area (TPSA) is 85.5 Å². The zero-order chi connectivity index (χ0) is 18.7. The van der Waals surface area contributed by atoms with Crippen molar-refractivity contribution in [2.75, 3.05) is 38.2 Å². The molecule has 0 aliphatic carbocycles. The molecule has 0 bridgehead atoms. The average molecular weight is 380 g/mol. The maximum absolute atomic E-state index is 11.4. The first-order chi connectivity index (χ1) is 12.5. The van der Waals surface area contributed by atoms with E-state index in [2.05, 4.69) is 15.3 Å². The van der Waals surface area contributed by atoms with E-state index in [0.717, 1.165) is 18.7 Å². The lowest BCUT2D eigenvalue weighted by molar-refractivity contribution is -0.384. The Morgan fingerprint density at radius 1 is 1.38 bits per heavy atom. The van der Waals surface area contributed by atoms with Gasteiger partial charge in [-0.1, -0.05) is 29.8 Å². The summed E-state index contributed by atoms with van der Waals surface area (Å²) in [6.45, 7) is 4.99. The molecule has 2 aromatic rings. The van der Waals surface area contributed by atoms with E-state index in [1.54, 1.807) is 14.0 Å². The van der Waals surface area contributed by atoms with Gasteiger partial charge in [0.15, 0.2) is 0 Å². The highest BCUT2D eigenvalue weighted by atomic mass is 35.5. The molecule has 0 spiro atoms. The van der Waals surface area contributed by atoms with Crippen molar-refractivity contribution in [2.24, 2.45) is 7.05 Å². The highest BCUT2D eigenvalue weighted by molar-refractivity contribution is 6.31. The summed E-state index contributed by atoms with van der Waals surface area (Å²) in [5.74, 6) is 0.401. The minimum absolute atomic E-state index is 0.00684. The summed E-state index contributed by atoms with van der Waals surface area (Å²) in [5, 5.41) is 19.5. The number of benzene rings is 1. The highest BCUT2D eigenvalue weighted by Gasteiger charge is 2.28. The zero-order valence-electron chi connectivity index (χ0n) is 14.8. The molecule has 1 N–H and O–H groups in total. The van der Waals surface area contributed by atoms with E-state index in [1.165, 1.54) is 4.68 Å². The van der Waals surface area contributed by atoms with Crippen LogP contribution in [0.2, 0.25) is 5.02 Å². The van der Waals surface area contributed by atoms with Gasteiger partial charge in [-0.3, -0.25) is 15.0 Å². The van der Waals surface area contributed by atoms with E-state index < -0.39 is 4.92 Å². The van der Waals surface area contributed by atoms with Crippen LogP contribution in [0.15, 0.2) is 24.3 Å². The van der Waals surface area contributed by atoms with Gasteiger partial charge in [-0.2, -0.15) is 5.10 Å². The lowest BCUT2D eigenvalue weighted by Crippen LogP contribution is -2.41. The average Bonchev–Trinajstić information content (AvgIpc) is 2.91. The monoisotopic (exact) mass is 379 g/mol. The third-order valence-electron chi connectivity index (χ3n) is 4.59. The Labute approximate surface area is 156 Å². The molecule has 140 valence electrons. The van der Waals surface area contributed by atoms with Gasteiger partial charge in [0.1, 0.15) is 5.69 Å². The summed E-state index contributed by atoms with van der Waals surface area (Å²) in [6, 6.07) is 7.67. The van der Waals surface area contributed by atoms with Crippen molar-refractivity contribution in [3.05, 3.63) is 50.7 Å². The van der Waals surface area contributed by atoms with Gasteiger partial charge in [-0.25, -0.2) is 4.68 Å². The molecule has 1 aliphatic rings. The fourth-order valence-electron chi connectivity index (χ4n) is 3.33. The maximum atomic E-state index is 11.4. The summed E-state index contributed by atoms with van der Waals surface area (Å²) < 4.78 is 6.96. The molecule has 26 heavy (non-hydrogen) atoms. The Balaban J connectivity index is 1.87. The van der Waals surface area contributed by atoms with Crippen LogP contribution in [-0.4, -0.2) is 52.5 Å². The van der Waals surface area contributed by atoms with Crippen LogP contribution in [-0.2, 0) is 11.8 Å². The Bertz CT molecular complexity index is 789. The number of morpholine rings is 1. The van der Waals surface area contributed by atoms with Crippen molar-refractivity contribution < 1.29 is 9.66 Å². The number of rotatable bonds is 6. The quantitative estimate of drug-likeness (QED) is 0.613. The number of nitrogens with one attached hydrogen (secondary N) is 1. The Hall–Kier alpha value is -2.16. The van der Waals surface area contributed by atoms with Crippen LogP contribution >= 0.6 is 11.6 Å². The van der Waals surface area contributed by atoms with E-state index in [4.69, 9.17) is 16.3 Å². The van der Waals surface area contributed by atoms with Crippen LogP contribution in [0.4, 0.5) is 11.5 Å². The van der Waals surface area contributed by atoms with Gasteiger partial charge in [0.2, 0.25) is 5.82 Å². The van der Waals surface area contributed by atoms with Gasteiger partial charge in [0.25, 0.3) is 0 Å². The van der Waals surface area contributed by atoms with Crippen LogP contribution in [0.5, 0.6) is 0 Å². The van der Waals surface area contributed by atoms with Crippen molar-refractivity contribution in [2.45, 2.75) is 13.0 Å². The van der Waals surface area contributed by atoms with Crippen molar-refractivity contribution in [3.8, 4) is 0 Å². The van der Waals surface area contributed by atoms with Crippen molar-refractivity contribution in [3.63, 3.8) is 0 Å². The molecule has 1 atom stereocenters. The fourth-order valence-corrected chi connectivity index (χ4v) is 3.59. The highest BCUT2D eigenvalue weighted by Crippen LogP contribution is 2.31. The number of aromatic nitrogens is 2. The van der Waals surface area contributed by atoms with E-state index in [-0.39, 0.29) is 11.7 Å². The van der Waals surface area contributed by atoms with Crippen LogP contribution in [0.1, 0.15) is 17.3 Å². The van der Waals surface area contributed by atoms with Crippen LogP contribution < -0.4 is 5.32 Å². The summed E-state index contributed by atoms with van der Waals surface area (Å²) in [4.78, 5) is 13.3. The van der Waals surface area contributed by atoms with Gasteiger partial charge in [-0.15, -0.1) is 0 Å². The lowest BCUT2D eigenvalue weighted by atomic mass is 10.0. The summed E-state index contributed by atoms with van der Waals surface area (Å²) in [6.07, 6.45) is 0. The Kier molecular flexibility index (Phi) is 5.75. The number of halogens is 1. The molecule has 2 heterocycles. The predicted molar refractivity (Wildman–Crippen MR) is 99.7 cm³/mol. The molecule has 1 saturated heterocycles. The molecular weight excluding hydrogens is 358 g/mol. The standard InChI is InChI=1S/C17H22ClN5O3/c1-12-16(23(24)25)17(21(2)20-12)19-11-15(22-7-9-26-10-8-22)13-5-3-4-6-14(13)18/h3-6,15,19H,7-11H2,1-2H3. The maximum Gasteiger partial charge on any atom is 0.333 e. The SMILES string of the molecule is Cc1nn(C)c(NCC(c2ccccc2Cl)N2CCOCC2)c1[N+](=O)[O-]. The summed E-state index contributed by atoms with van der Waals surface area (Å²) in [7, 11) is 1.70. The van der Waals surface area contributed by atoms with Crippen LogP contribution in [0, 0.1) is 17.0 Å². The third-order valence-corrected chi connectivity index (χ3v) is 4.93. The summed E-state index contributed by atoms with van der Waals surface area (Å²) >= 11 is 6.43. The van der Waals surface area contributed by atoms with E-state index >= 15 is 0 Å². The molecule has 0 amide bonds.